The number of aryl methyl sites for hydroxylation is 1. The second kappa shape index (κ2) is 10.6. The number of amides is 1. The number of hydrogen-bond donors (Lipinski definition) is 0. The second-order valence-electron chi connectivity index (χ2n) is 10.2. The van der Waals surface area contributed by atoms with Crippen LogP contribution in [0.1, 0.15) is 50.2 Å². The van der Waals surface area contributed by atoms with Crippen molar-refractivity contribution in [3.63, 3.8) is 0 Å². The van der Waals surface area contributed by atoms with E-state index in [-0.39, 0.29) is 28.9 Å². The minimum atomic E-state index is -1.86. The molecule has 8 nitrogen and oxygen atoms in total. The number of carbonyl (C=O) groups is 4. The molecule has 5 rings (SSSR count). The Morgan fingerprint density at radius 3 is 2.35 bits per heavy atom. The smallest absolute Gasteiger partial charge is 0.339 e. The molecule has 0 N–H and O–H groups in total. The van der Waals surface area contributed by atoms with E-state index < -0.39 is 23.4 Å². The fourth-order valence-electron chi connectivity index (χ4n) is 6.11. The van der Waals surface area contributed by atoms with Gasteiger partial charge in [0.25, 0.3) is 5.91 Å². The number of rotatable bonds is 6. The van der Waals surface area contributed by atoms with Gasteiger partial charge in [0.15, 0.2) is 11.3 Å². The van der Waals surface area contributed by atoms with Gasteiger partial charge in [0.2, 0.25) is 0 Å². The standard InChI is InChI=1S/C31H31ClN2O6/c1-5-6-16-33-22-15-12-19(32)17-21(22)31(30(33)38)27(29(37)40-4)26(28(36)39-3)25-23(8-7-9-24(25)35)34(31)20-13-10-18(2)11-14-20/h10-15,17H,5-9,16H2,1-4H3. The van der Waals surface area contributed by atoms with Gasteiger partial charge < -0.3 is 19.3 Å². The lowest BCUT2D eigenvalue weighted by molar-refractivity contribution is -0.141. The summed E-state index contributed by atoms with van der Waals surface area (Å²) in [4.78, 5) is 59.3. The average Bonchev–Trinajstić information content (AvgIpc) is 3.18. The van der Waals surface area contributed by atoms with Crippen LogP contribution in [0.4, 0.5) is 11.4 Å². The van der Waals surface area contributed by atoms with Gasteiger partial charge in [-0.3, -0.25) is 9.59 Å². The van der Waals surface area contributed by atoms with Crippen molar-refractivity contribution in [1.29, 1.82) is 0 Å². The molecule has 208 valence electrons. The van der Waals surface area contributed by atoms with Crippen LogP contribution >= 0.6 is 11.6 Å². The summed E-state index contributed by atoms with van der Waals surface area (Å²) in [6.07, 6.45) is 2.67. The Bertz CT molecular complexity index is 1490. The molecule has 3 aliphatic rings. The topological polar surface area (TPSA) is 93.2 Å². The first kappa shape index (κ1) is 27.6. The van der Waals surface area contributed by atoms with Crippen LogP contribution in [-0.4, -0.2) is 44.4 Å². The van der Waals surface area contributed by atoms with Crippen molar-refractivity contribution in [2.45, 2.75) is 51.5 Å². The van der Waals surface area contributed by atoms with Gasteiger partial charge in [-0.25, -0.2) is 9.59 Å². The predicted octanol–water partition coefficient (Wildman–Crippen LogP) is 5.16. The van der Waals surface area contributed by atoms with Crippen molar-refractivity contribution in [1.82, 2.24) is 0 Å². The Labute approximate surface area is 238 Å². The summed E-state index contributed by atoms with van der Waals surface area (Å²) in [6, 6.07) is 12.6. The molecule has 2 aromatic rings. The highest BCUT2D eigenvalue weighted by Gasteiger charge is 2.64. The first-order chi connectivity index (χ1) is 19.2. The molecule has 0 fully saturated rings. The highest BCUT2D eigenvalue weighted by Crippen LogP contribution is 2.57. The molecule has 2 aliphatic heterocycles. The number of unbranched alkanes of at least 4 members (excludes halogenated alkanes) is 1. The molecule has 1 spiro atoms. The molecule has 1 amide bonds. The molecule has 0 aromatic heterocycles. The monoisotopic (exact) mass is 562 g/mol. The van der Waals surface area contributed by atoms with E-state index in [1.807, 2.05) is 38.1 Å². The second-order valence-corrected chi connectivity index (χ2v) is 10.6. The number of anilines is 2. The van der Waals surface area contributed by atoms with E-state index in [9.17, 15) is 19.2 Å². The van der Waals surface area contributed by atoms with E-state index in [1.165, 1.54) is 14.2 Å². The molecule has 0 bridgehead atoms. The highest BCUT2D eigenvalue weighted by atomic mass is 35.5. The maximum atomic E-state index is 15.0. The van der Waals surface area contributed by atoms with E-state index in [0.29, 0.717) is 53.5 Å². The van der Waals surface area contributed by atoms with Crippen LogP contribution in [0.2, 0.25) is 5.02 Å². The number of fused-ring (bicyclic) bond motifs is 2. The number of carbonyl (C=O) groups excluding carboxylic acids is 4. The molecule has 2 aromatic carbocycles. The van der Waals surface area contributed by atoms with Gasteiger partial charge in [0.1, 0.15) is 0 Å². The van der Waals surface area contributed by atoms with E-state index in [2.05, 4.69) is 0 Å². The zero-order valence-corrected chi connectivity index (χ0v) is 23.8. The van der Waals surface area contributed by atoms with Crippen LogP contribution in [-0.2, 0) is 34.2 Å². The minimum absolute atomic E-state index is 0.0908. The zero-order valence-electron chi connectivity index (χ0n) is 23.0. The Morgan fingerprint density at radius 1 is 1.00 bits per heavy atom. The number of Topliss-reactive ketones (excluding diaryl/α,β-unsaturated/α-hetero) is 1. The van der Waals surface area contributed by atoms with Crippen molar-refractivity contribution in [3.05, 3.63) is 81.0 Å². The maximum absolute atomic E-state index is 15.0. The van der Waals surface area contributed by atoms with Crippen LogP contribution < -0.4 is 9.80 Å². The Morgan fingerprint density at radius 2 is 1.70 bits per heavy atom. The molecular formula is C31H31ClN2O6. The third-order valence-electron chi connectivity index (χ3n) is 7.85. The van der Waals surface area contributed by atoms with Crippen LogP contribution in [0.3, 0.4) is 0 Å². The predicted molar refractivity (Wildman–Crippen MR) is 151 cm³/mol. The molecule has 9 heteroatoms. The number of hydrogen-bond acceptors (Lipinski definition) is 7. The lowest BCUT2D eigenvalue weighted by Crippen LogP contribution is -2.59. The van der Waals surface area contributed by atoms with Crippen molar-refractivity contribution in [3.8, 4) is 0 Å². The molecular weight excluding hydrogens is 532 g/mol. The number of esters is 2. The summed E-state index contributed by atoms with van der Waals surface area (Å²) < 4.78 is 10.4. The molecule has 1 aliphatic carbocycles. The molecule has 1 atom stereocenters. The van der Waals surface area contributed by atoms with Gasteiger partial charge in [-0.1, -0.05) is 42.6 Å². The number of ketones is 1. The normalized spacial score (nSPS) is 20.2. The summed E-state index contributed by atoms with van der Waals surface area (Å²) in [7, 11) is 2.37. The molecule has 2 heterocycles. The summed E-state index contributed by atoms with van der Waals surface area (Å²) >= 11 is 6.55. The molecule has 40 heavy (non-hydrogen) atoms. The van der Waals surface area contributed by atoms with Crippen LogP contribution in [0.15, 0.2) is 64.9 Å². The third-order valence-corrected chi connectivity index (χ3v) is 8.09. The zero-order chi connectivity index (χ0) is 28.8. The van der Waals surface area contributed by atoms with E-state index in [0.717, 1.165) is 12.0 Å². The van der Waals surface area contributed by atoms with Crippen molar-refractivity contribution in [2.75, 3.05) is 30.6 Å². The van der Waals surface area contributed by atoms with Crippen molar-refractivity contribution >= 4 is 46.6 Å². The van der Waals surface area contributed by atoms with Crippen molar-refractivity contribution in [2.24, 2.45) is 0 Å². The highest BCUT2D eigenvalue weighted by molar-refractivity contribution is 6.31. The van der Waals surface area contributed by atoms with Crippen LogP contribution in [0, 0.1) is 6.92 Å². The van der Waals surface area contributed by atoms with E-state index in [4.69, 9.17) is 21.1 Å². The number of allylic oxidation sites excluding steroid dienone is 1. The van der Waals surface area contributed by atoms with Crippen molar-refractivity contribution < 1.29 is 28.7 Å². The first-order valence-corrected chi connectivity index (χ1v) is 13.8. The lowest BCUT2D eigenvalue weighted by Gasteiger charge is -2.48. The summed E-state index contributed by atoms with van der Waals surface area (Å²) in [5, 5.41) is 0.357. The largest absolute Gasteiger partial charge is 0.466 e. The Hall–Kier alpha value is -3.91. The molecule has 1 unspecified atom stereocenters. The van der Waals surface area contributed by atoms with Gasteiger partial charge >= 0.3 is 11.9 Å². The SMILES string of the molecule is CCCCN1C(=O)C2(C(C(=O)OC)=C(C(=O)OC)C3=C(CCCC3=O)N2c2ccc(C)cc2)c2cc(Cl)ccc21. The Kier molecular flexibility index (Phi) is 7.31. The lowest BCUT2D eigenvalue weighted by atomic mass is 9.71. The summed E-state index contributed by atoms with van der Waals surface area (Å²) in [6.45, 7) is 4.36. The van der Waals surface area contributed by atoms with E-state index >= 15 is 0 Å². The summed E-state index contributed by atoms with van der Waals surface area (Å²) in [5.41, 5.74) is 0.847. The third kappa shape index (κ3) is 3.96. The fourth-order valence-corrected chi connectivity index (χ4v) is 6.28. The number of halogens is 1. The quantitative estimate of drug-likeness (QED) is 0.449. The molecule has 0 saturated heterocycles. The van der Waals surface area contributed by atoms with Gasteiger partial charge in [-0.05, 0) is 56.5 Å². The van der Waals surface area contributed by atoms with Gasteiger partial charge in [0, 0.05) is 34.9 Å². The maximum Gasteiger partial charge on any atom is 0.339 e. The average molecular weight is 563 g/mol. The van der Waals surface area contributed by atoms with Gasteiger partial charge in [-0.15, -0.1) is 0 Å². The van der Waals surface area contributed by atoms with Gasteiger partial charge in [-0.2, -0.15) is 0 Å². The number of methoxy groups -OCH3 is 2. The minimum Gasteiger partial charge on any atom is -0.466 e. The number of benzene rings is 2. The molecule has 0 saturated carbocycles. The van der Waals surface area contributed by atoms with Crippen LogP contribution in [0.5, 0.6) is 0 Å². The first-order valence-electron chi connectivity index (χ1n) is 13.4. The fraction of sp³-hybridized carbons (Fsp3) is 0.355. The number of nitrogens with zero attached hydrogens (tertiary/aromatic N) is 2. The van der Waals surface area contributed by atoms with Crippen LogP contribution in [0.25, 0.3) is 0 Å². The molecule has 0 radical (unpaired) electrons. The number of ether oxygens (including phenoxy) is 2. The van der Waals surface area contributed by atoms with Gasteiger partial charge in [0.05, 0.1) is 36.6 Å². The Balaban J connectivity index is 2.00. The summed E-state index contributed by atoms with van der Waals surface area (Å²) in [5.74, 6) is -2.51. The van der Waals surface area contributed by atoms with E-state index in [1.54, 1.807) is 28.0 Å².